The Hall–Kier alpha value is -3.60. The normalized spacial score (nSPS) is 14.0. The summed E-state index contributed by atoms with van der Waals surface area (Å²) in [6, 6.07) is 12.5. The Morgan fingerprint density at radius 2 is 1.93 bits per heavy atom. The second kappa shape index (κ2) is 9.74. The zero-order chi connectivity index (χ0) is 21.5. The van der Waals surface area contributed by atoms with Crippen molar-refractivity contribution in [2.45, 2.75) is 18.9 Å². The number of nitriles is 1. The highest BCUT2D eigenvalue weighted by molar-refractivity contribution is 5.94. The first-order valence-corrected chi connectivity index (χ1v) is 9.56. The second-order valence-electron chi connectivity index (χ2n) is 6.88. The van der Waals surface area contributed by atoms with E-state index >= 15 is 0 Å². The van der Waals surface area contributed by atoms with Gasteiger partial charge in [-0.25, -0.2) is 4.39 Å². The number of carbonyl (C=O) groups is 2. The number of likely N-dealkylation sites (tertiary alicyclic amines) is 1. The van der Waals surface area contributed by atoms with Crippen molar-refractivity contribution in [3.05, 3.63) is 59.4 Å². The molecule has 0 spiro atoms. The maximum atomic E-state index is 13.8. The summed E-state index contributed by atoms with van der Waals surface area (Å²) in [5, 5.41) is 11.8. The second-order valence-corrected chi connectivity index (χ2v) is 6.88. The molecule has 30 heavy (non-hydrogen) atoms. The van der Waals surface area contributed by atoms with Gasteiger partial charge >= 0.3 is 0 Å². The number of piperidine rings is 1. The fourth-order valence-electron chi connectivity index (χ4n) is 3.30. The number of carbonyl (C=O) groups excluding carboxylic acids is 2. The molecule has 8 heteroatoms. The van der Waals surface area contributed by atoms with Crippen LogP contribution in [-0.4, -0.2) is 49.6 Å². The average Bonchev–Trinajstić information content (AvgIpc) is 2.78. The number of ether oxygens (including phenoxy) is 2. The van der Waals surface area contributed by atoms with E-state index in [0.717, 1.165) is 0 Å². The van der Waals surface area contributed by atoms with Crippen molar-refractivity contribution in [3.63, 3.8) is 0 Å². The lowest BCUT2D eigenvalue weighted by Gasteiger charge is -2.32. The molecule has 0 radical (unpaired) electrons. The van der Waals surface area contributed by atoms with Crippen molar-refractivity contribution in [3.8, 4) is 17.6 Å². The first-order valence-electron chi connectivity index (χ1n) is 9.56. The Kier molecular flexibility index (Phi) is 6.86. The molecule has 0 saturated carbocycles. The minimum absolute atomic E-state index is 0.0600. The highest BCUT2D eigenvalue weighted by Gasteiger charge is 2.26. The van der Waals surface area contributed by atoms with Crippen molar-refractivity contribution in [1.82, 2.24) is 10.2 Å². The Balaban J connectivity index is 1.47. The standard InChI is InChI=1S/C22H22FN3O4/c1-29-20-12-15(13-24)6-7-19(20)30-14-21(27)25-16-8-10-26(11-9-16)22(28)17-4-2-3-5-18(17)23/h2-7,12,16H,8-11,14H2,1H3,(H,25,27). The molecule has 2 amide bonds. The van der Waals surface area contributed by atoms with Gasteiger partial charge in [0, 0.05) is 25.2 Å². The van der Waals surface area contributed by atoms with Crippen LogP contribution in [-0.2, 0) is 4.79 Å². The third-order valence-electron chi connectivity index (χ3n) is 4.90. The van der Waals surface area contributed by atoms with E-state index < -0.39 is 5.82 Å². The molecule has 1 aliphatic rings. The molecule has 1 aliphatic heterocycles. The number of amides is 2. The molecule has 0 aromatic heterocycles. The van der Waals surface area contributed by atoms with Crippen molar-refractivity contribution in [2.24, 2.45) is 0 Å². The van der Waals surface area contributed by atoms with Crippen LogP contribution >= 0.6 is 0 Å². The van der Waals surface area contributed by atoms with Crippen LogP contribution in [0.4, 0.5) is 4.39 Å². The number of methoxy groups -OCH3 is 1. The smallest absolute Gasteiger partial charge is 0.258 e. The number of rotatable bonds is 6. The molecular weight excluding hydrogens is 389 g/mol. The van der Waals surface area contributed by atoms with Gasteiger partial charge in [-0.05, 0) is 37.1 Å². The Bertz CT molecular complexity index is 965. The maximum Gasteiger partial charge on any atom is 0.258 e. The molecule has 1 N–H and O–H groups in total. The predicted molar refractivity (Wildman–Crippen MR) is 107 cm³/mol. The molecule has 0 atom stereocenters. The zero-order valence-electron chi connectivity index (χ0n) is 16.6. The minimum atomic E-state index is -0.534. The quantitative estimate of drug-likeness (QED) is 0.789. The van der Waals surface area contributed by atoms with E-state index in [1.54, 1.807) is 29.2 Å². The minimum Gasteiger partial charge on any atom is -0.493 e. The first kappa shape index (κ1) is 21.1. The van der Waals surface area contributed by atoms with E-state index in [1.807, 2.05) is 6.07 Å². The fraction of sp³-hybridized carbons (Fsp3) is 0.318. The van der Waals surface area contributed by atoms with E-state index in [2.05, 4.69) is 5.32 Å². The van der Waals surface area contributed by atoms with Gasteiger partial charge in [-0.1, -0.05) is 12.1 Å². The van der Waals surface area contributed by atoms with Gasteiger partial charge in [-0.2, -0.15) is 5.26 Å². The molecule has 0 unspecified atom stereocenters. The number of hydrogen-bond acceptors (Lipinski definition) is 5. The van der Waals surface area contributed by atoms with Crippen LogP contribution in [0.1, 0.15) is 28.8 Å². The molecule has 0 aliphatic carbocycles. The average molecular weight is 411 g/mol. The third kappa shape index (κ3) is 5.06. The number of hydrogen-bond donors (Lipinski definition) is 1. The maximum absolute atomic E-state index is 13.8. The lowest BCUT2D eigenvalue weighted by Crippen LogP contribution is -2.47. The molecule has 0 bridgehead atoms. The van der Waals surface area contributed by atoms with E-state index in [1.165, 1.54) is 25.3 Å². The highest BCUT2D eigenvalue weighted by Crippen LogP contribution is 2.27. The lowest BCUT2D eigenvalue weighted by molar-refractivity contribution is -0.124. The lowest BCUT2D eigenvalue weighted by atomic mass is 10.0. The third-order valence-corrected chi connectivity index (χ3v) is 4.90. The van der Waals surface area contributed by atoms with Crippen LogP contribution in [0.2, 0.25) is 0 Å². The van der Waals surface area contributed by atoms with Gasteiger partial charge in [0.15, 0.2) is 18.1 Å². The molecule has 1 saturated heterocycles. The van der Waals surface area contributed by atoms with Gasteiger partial charge in [0.1, 0.15) is 5.82 Å². The number of nitrogens with one attached hydrogen (secondary N) is 1. The summed E-state index contributed by atoms with van der Waals surface area (Å²) >= 11 is 0. The molecular formula is C22H22FN3O4. The van der Waals surface area contributed by atoms with Crippen molar-refractivity contribution >= 4 is 11.8 Å². The van der Waals surface area contributed by atoms with Crippen molar-refractivity contribution in [2.75, 3.05) is 26.8 Å². The van der Waals surface area contributed by atoms with E-state index in [-0.39, 0.29) is 30.0 Å². The molecule has 7 nitrogen and oxygen atoms in total. The summed E-state index contributed by atoms with van der Waals surface area (Å²) in [6.07, 6.45) is 1.15. The molecule has 2 aromatic rings. The Morgan fingerprint density at radius 3 is 2.60 bits per heavy atom. The van der Waals surface area contributed by atoms with Crippen molar-refractivity contribution in [1.29, 1.82) is 5.26 Å². The summed E-state index contributed by atoms with van der Waals surface area (Å²) < 4.78 is 24.5. The van der Waals surface area contributed by atoms with E-state index in [4.69, 9.17) is 14.7 Å². The van der Waals surface area contributed by atoms with Crippen LogP contribution < -0.4 is 14.8 Å². The number of nitrogens with zero attached hydrogens (tertiary/aromatic N) is 2. The molecule has 156 valence electrons. The van der Waals surface area contributed by atoms with E-state index in [9.17, 15) is 14.0 Å². The molecule has 3 rings (SSSR count). The van der Waals surface area contributed by atoms with Gasteiger partial charge in [0.25, 0.3) is 11.8 Å². The van der Waals surface area contributed by atoms with Crippen molar-refractivity contribution < 1.29 is 23.5 Å². The largest absolute Gasteiger partial charge is 0.493 e. The van der Waals surface area contributed by atoms with Gasteiger partial charge in [-0.3, -0.25) is 9.59 Å². The van der Waals surface area contributed by atoms with Gasteiger partial charge < -0.3 is 19.7 Å². The monoisotopic (exact) mass is 411 g/mol. The van der Waals surface area contributed by atoms with Crippen LogP contribution in [0.5, 0.6) is 11.5 Å². The van der Waals surface area contributed by atoms with E-state index in [0.29, 0.717) is 43.0 Å². The van der Waals surface area contributed by atoms with Gasteiger partial charge in [-0.15, -0.1) is 0 Å². The summed E-state index contributed by atoms with van der Waals surface area (Å²) in [6.45, 7) is 0.668. The SMILES string of the molecule is COc1cc(C#N)ccc1OCC(=O)NC1CCN(C(=O)c2ccccc2F)CC1. The molecule has 2 aromatic carbocycles. The summed E-state index contributed by atoms with van der Waals surface area (Å²) in [5.41, 5.74) is 0.491. The summed E-state index contributed by atoms with van der Waals surface area (Å²) in [7, 11) is 1.46. The van der Waals surface area contributed by atoms with Gasteiger partial charge in [0.2, 0.25) is 0 Å². The Morgan fingerprint density at radius 1 is 1.20 bits per heavy atom. The van der Waals surface area contributed by atoms with Crippen LogP contribution in [0.15, 0.2) is 42.5 Å². The predicted octanol–water partition coefficient (Wildman–Crippen LogP) is 2.51. The van der Waals surface area contributed by atoms with Crippen LogP contribution in [0.3, 0.4) is 0 Å². The summed E-state index contributed by atoms with van der Waals surface area (Å²) in [5.74, 6) is -0.415. The first-order chi connectivity index (χ1) is 14.5. The molecule has 1 heterocycles. The number of halogens is 1. The Labute approximate surface area is 174 Å². The zero-order valence-corrected chi connectivity index (χ0v) is 16.6. The van der Waals surface area contributed by atoms with Crippen LogP contribution in [0.25, 0.3) is 0 Å². The summed E-state index contributed by atoms with van der Waals surface area (Å²) in [4.78, 5) is 26.3. The highest BCUT2D eigenvalue weighted by atomic mass is 19.1. The van der Waals surface area contributed by atoms with Crippen LogP contribution in [0, 0.1) is 17.1 Å². The fourth-order valence-corrected chi connectivity index (χ4v) is 3.30. The topological polar surface area (TPSA) is 91.7 Å². The number of benzene rings is 2. The van der Waals surface area contributed by atoms with Gasteiger partial charge in [0.05, 0.1) is 24.3 Å². The molecule has 1 fully saturated rings.